The Morgan fingerprint density at radius 3 is 2.62 bits per heavy atom. The van der Waals surface area contributed by atoms with Gasteiger partial charge in [-0.15, -0.1) is 0 Å². The third kappa shape index (κ3) is 5.51. The van der Waals surface area contributed by atoms with Crippen molar-refractivity contribution in [2.24, 2.45) is 5.92 Å². The summed E-state index contributed by atoms with van der Waals surface area (Å²) in [5, 5.41) is 23.3. The summed E-state index contributed by atoms with van der Waals surface area (Å²) in [6.45, 7) is 3.33. The van der Waals surface area contributed by atoms with E-state index in [4.69, 9.17) is 4.74 Å². The Bertz CT molecular complexity index is 294. The molecule has 0 bridgehead atoms. The standard InChI is InChI=1S/C17H33NO3/c1-14-6-5-9-17(10-14,13-19)18-11-15(20)12-21-16-7-3-2-4-8-16/h14-16,18-20H,2-13H2,1H3. The zero-order valence-corrected chi connectivity index (χ0v) is 13.5. The number of hydrogen-bond donors (Lipinski definition) is 3. The van der Waals surface area contributed by atoms with Crippen molar-refractivity contribution in [3.63, 3.8) is 0 Å². The fraction of sp³-hybridized carbons (Fsp3) is 1.00. The fourth-order valence-electron chi connectivity index (χ4n) is 3.89. The Balaban J connectivity index is 1.67. The van der Waals surface area contributed by atoms with Gasteiger partial charge in [-0.25, -0.2) is 0 Å². The molecule has 0 aromatic carbocycles. The molecule has 0 aromatic rings. The molecule has 0 aromatic heterocycles. The normalized spacial score (nSPS) is 33.0. The SMILES string of the molecule is CC1CCCC(CO)(NCC(O)COC2CCCCC2)C1. The molecule has 2 saturated carbocycles. The number of rotatable bonds is 7. The van der Waals surface area contributed by atoms with Crippen LogP contribution in [0, 0.1) is 5.92 Å². The van der Waals surface area contributed by atoms with E-state index < -0.39 is 6.10 Å². The summed E-state index contributed by atoms with van der Waals surface area (Å²) >= 11 is 0. The van der Waals surface area contributed by atoms with Crippen LogP contribution in [0.1, 0.15) is 64.7 Å². The van der Waals surface area contributed by atoms with Crippen LogP contribution in [0.4, 0.5) is 0 Å². The number of β-amino-alcohol motifs (C(OH)–C–C–N with tert-alkyl or cyclic N) is 1. The van der Waals surface area contributed by atoms with Gasteiger partial charge in [-0.05, 0) is 31.6 Å². The van der Waals surface area contributed by atoms with Crippen LogP contribution in [-0.4, -0.2) is 47.7 Å². The summed E-state index contributed by atoms with van der Waals surface area (Å²) in [4.78, 5) is 0. The molecule has 4 nitrogen and oxygen atoms in total. The van der Waals surface area contributed by atoms with E-state index in [1.807, 2.05) is 0 Å². The predicted octanol–water partition coefficient (Wildman–Crippen LogP) is 2.23. The van der Waals surface area contributed by atoms with Crippen LogP contribution >= 0.6 is 0 Å². The molecule has 0 spiro atoms. The van der Waals surface area contributed by atoms with Gasteiger partial charge in [0, 0.05) is 12.1 Å². The molecule has 3 unspecified atom stereocenters. The highest BCUT2D eigenvalue weighted by molar-refractivity contribution is 4.92. The molecule has 0 aliphatic heterocycles. The van der Waals surface area contributed by atoms with Crippen LogP contribution in [-0.2, 0) is 4.74 Å². The Labute approximate surface area is 129 Å². The Kier molecular flexibility index (Phi) is 6.93. The number of ether oxygens (including phenoxy) is 1. The van der Waals surface area contributed by atoms with Crippen LogP contribution < -0.4 is 5.32 Å². The van der Waals surface area contributed by atoms with Gasteiger partial charge in [-0.1, -0.05) is 39.0 Å². The Morgan fingerprint density at radius 2 is 1.95 bits per heavy atom. The quantitative estimate of drug-likeness (QED) is 0.674. The highest BCUT2D eigenvalue weighted by Gasteiger charge is 2.34. The average Bonchev–Trinajstić information content (AvgIpc) is 2.52. The van der Waals surface area contributed by atoms with Crippen LogP contribution in [0.15, 0.2) is 0 Å². The maximum absolute atomic E-state index is 10.1. The summed E-state index contributed by atoms with van der Waals surface area (Å²) in [7, 11) is 0. The molecule has 3 atom stereocenters. The Morgan fingerprint density at radius 1 is 1.19 bits per heavy atom. The summed E-state index contributed by atoms with van der Waals surface area (Å²) in [5.74, 6) is 0.647. The smallest absolute Gasteiger partial charge is 0.0898 e. The molecule has 2 aliphatic rings. The van der Waals surface area contributed by atoms with E-state index in [0.717, 1.165) is 32.1 Å². The third-order valence-corrected chi connectivity index (χ3v) is 5.18. The molecule has 124 valence electrons. The van der Waals surface area contributed by atoms with Crippen molar-refractivity contribution >= 4 is 0 Å². The maximum Gasteiger partial charge on any atom is 0.0898 e. The van der Waals surface area contributed by atoms with Crippen LogP contribution in [0.3, 0.4) is 0 Å². The van der Waals surface area contributed by atoms with Gasteiger partial charge in [0.2, 0.25) is 0 Å². The van der Waals surface area contributed by atoms with Gasteiger partial charge in [0.25, 0.3) is 0 Å². The molecule has 0 radical (unpaired) electrons. The minimum Gasteiger partial charge on any atom is -0.394 e. The van der Waals surface area contributed by atoms with E-state index in [-0.39, 0.29) is 12.1 Å². The fourth-order valence-corrected chi connectivity index (χ4v) is 3.89. The van der Waals surface area contributed by atoms with Gasteiger partial charge in [-0.3, -0.25) is 0 Å². The zero-order chi connectivity index (χ0) is 15.1. The first-order chi connectivity index (χ1) is 10.1. The van der Waals surface area contributed by atoms with Gasteiger partial charge in [-0.2, -0.15) is 0 Å². The number of aliphatic hydroxyl groups is 2. The number of aliphatic hydroxyl groups excluding tert-OH is 2. The van der Waals surface area contributed by atoms with Crippen molar-refractivity contribution in [1.82, 2.24) is 5.32 Å². The van der Waals surface area contributed by atoms with Crippen molar-refractivity contribution in [1.29, 1.82) is 0 Å². The molecule has 0 saturated heterocycles. The van der Waals surface area contributed by atoms with E-state index in [1.54, 1.807) is 0 Å². The highest BCUT2D eigenvalue weighted by atomic mass is 16.5. The third-order valence-electron chi connectivity index (χ3n) is 5.18. The van der Waals surface area contributed by atoms with Gasteiger partial charge >= 0.3 is 0 Å². The molecule has 4 heteroatoms. The molecule has 21 heavy (non-hydrogen) atoms. The molecule has 0 heterocycles. The van der Waals surface area contributed by atoms with Gasteiger partial charge in [0.15, 0.2) is 0 Å². The summed E-state index contributed by atoms with van der Waals surface area (Å²) in [6.07, 6.45) is 10.4. The van der Waals surface area contributed by atoms with Crippen molar-refractivity contribution in [3.8, 4) is 0 Å². The van der Waals surface area contributed by atoms with Crippen LogP contribution in [0.2, 0.25) is 0 Å². The lowest BCUT2D eigenvalue weighted by molar-refractivity contribution is -0.0277. The van der Waals surface area contributed by atoms with E-state index in [2.05, 4.69) is 12.2 Å². The van der Waals surface area contributed by atoms with E-state index in [1.165, 1.54) is 25.7 Å². The molecule has 2 rings (SSSR count). The molecule has 3 N–H and O–H groups in total. The molecular weight excluding hydrogens is 266 g/mol. The number of hydrogen-bond acceptors (Lipinski definition) is 4. The van der Waals surface area contributed by atoms with Crippen LogP contribution in [0.5, 0.6) is 0 Å². The first kappa shape index (κ1) is 17.2. The van der Waals surface area contributed by atoms with E-state index in [0.29, 0.717) is 25.2 Å². The predicted molar refractivity (Wildman–Crippen MR) is 84.3 cm³/mol. The first-order valence-corrected chi connectivity index (χ1v) is 8.79. The van der Waals surface area contributed by atoms with Gasteiger partial charge in [0.1, 0.15) is 0 Å². The zero-order valence-electron chi connectivity index (χ0n) is 13.5. The summed E-state index contributed by atoms with van der Waals surface area (Å²) in [5.41, 5.74) is -0.191. The van der Waals surface area contributed by atoms with Crippen molar-refractivity contribution in [3.05, 3.63) is 0 Å². The van der Waals surface area contributed by atoms with Crippen LogP contribution in [0.25, 0.3) is 0 Å². The average molecular weight is 299 g/mol. The largest absolute Gasteiger partial charge is 0.394 e. The monoisotopic (exact) mass is 299 g/mol. The maximum atomic E-state index is 10.1. The van der Waals surface area contributed by atoms with Crippen molar-refractivity contribution in [2.45, 2.75) is 82.5 Å². The number of nitrogens with one attached hydrogen (secondary N) is 1. The molecule has 2 aliphatic carbocycles. The second-order valence-electron chi connectivity index (χ2n) is 7.27. The van der Waals surface area contributed by atoms with Crippen molar-refractivity contribution in [2.75, 3.05) is 19.8 Å². The van der Waals surface area contributed by atoms with E-state index in [9.17, 15) is 10.2 Å². The highest BCUT2D eigenvalue weighted by Crippen LogP contribution is 2.31. The minimum absolute atomic E-state index is 0.160. The minimum atomic E-state index is -0.479. The summed E-state index contributed by atoms with van der Waals surface area (Å²) in [6, 6.07) is 0. The molecule has 0 amide bonds. The van der Waals surface area contributed by atoms with E-state index >= 15 is 0 Å². The second-order valence-corrected chi connectivity index (χ2v) is 7.27. The van der Waals surface area contributed by atoms with Gasteiger partial charge < -0.3 is 20.3 Å². The lowest BCUT2D eigenvalue weighted by Gasteiger charge is -2.40. The van der Waals surface area contributed by atoms with Gasteiger partial charge in [0.05, 0.1) is 25.4 Å². The lowest BCUT2D eigenvalue weighted by atomic mass is 9.77. The molecular formula is C17H33NO3. The second kappa shape index (κ2) is 8.47. The lowest BCUT2D eigenvalue weighted by Crippen LogP contribution is -2.54. The van der Waals surface area contributed by atoms with Crippen molar-refractivity contribution < 1.29 is 14.9 Å². The topological polar surface area (TPSA) is 61.7 Å². The first-order valence-electron chi connectivity index (χ1n) is 8.79. The molecule has 2 fully saturated rings. The summed E-state index contributed by atoms with van der Waals surface area (Å²) < 4.78 is 5.82. The Hall–Kier alpha value is -0.160.